The zero-order valence-corrected chi connectivity index (χ0v) is 20.8. The van der Waals surface area contributed by atoms with Crippen LogP contribution in [0.1, 0.15) is 38.3 Å². The van der Waals surface area contributed by atoms with Crippen molar-refractivity contribution in [1.29, 1.82) is 0 Å². The molecular formula is C30H26ClN3O2. The molecule has 1 heterocycles. The lowest BCUT2D eigenvalue weighted by Crippen LogP contribution is -2.33. The highest BCUT2D eigenvalue weighted by Gasteiger charge is 2.35. The third kappa shape index (κ3) is 4.75. The Labute approximate surface area is 216 Å². The summed E-state index contributed by atoms with van der Waals surface area (Å²) in [6.45, 7) is 1.91. The van der Waals surface area contributed by atoms with Crippen molar-refractivity contribution >= 4 is 34.7 Å². The number of ketones is 2. The van der Waals surface area contributed by atoms with Gasteiger partial charge in [0.2, 0.25) is 11.6 Å². The maximum Gasteiger partial charge on any atom is 0.211 e. The third-order valence-corrected chi connectivity index (χ3v) is 6.80. The summed E-state index contributed by atoms with van der Waals surface area (Å²) in [5.41, 5.74) is 3.74. The van der Waals surface area contributed by atoms with E-state index in [0.717, 1.165) is 35.6 Å². The van der Waals surface area contributed by atoms with Crippen LogP contribution >= 0.6 is 11.6 Å². The van der Waals surface area contributed by atoms with Gasteiger partial charge in [-0.2, -0.15) is 0 Å². The number of Topliss-reactive ketones (excluding diaryl/α,β-unsaturated/α-hetero) is 2. The summed E-state index contributed by atoms with van der Waals surface area (Å²) in [6, 6.07) is 24.6. The van der Waals surface area contributed by atoms with Crippen LogP contribution in [0.4, 0.5) is 5.69 Å². The first-order valence-electron chi connectivity index (χ1n) is 11.9. The molecule has 0 amide bonds. The molecule has 6 heteroatoms. The number of carbonyl (C=O) groups excluding carboxylic acids is 2. The van der Waals surface area contributed by atoms with Crippen molar-refractivity contribution in [3.8, 4) is 0 Å². The predicted octanol–water partition coefficient (Wildman–Crippen LogP) is 6.01. The van der Waals surface area contributed by atoms with Crippen molar-refractivity contribution < 1.29 is 9.59 Å². The average molecular weight is 496 g/mol. The molecule has 0 radical (unpaired) electrons. The lowest BCUT2D eigenvalue weighted by atomic mass is 9.91. The Kier molecular flexibility index (Phi) is 6.83. The number of anilines is 1. The normalized spacial score (nSPS) is 16.5. The molecular weight excluding hydrogens is 470 g/mol. The predicted molar refractivity (Wildman–Crippen MR) is 145 cm³/mol. The summed E-state index contributed by atoms with van der Waals surface area (Å²) in [5, 5.41) is -0.0581. The molecule has 0 spiro atoms. The molecule has 5 rings (SSSR count). The zero-order chi connectivity index (χ0) is 25.1. The van der Waals surface area contributed by atoms with Crippen LogP contribution in [0.25, 0.3) is 0 Å². The van der Waals surface area contributed by atoms with Crippen LogP contribution in [-0.2, 0) is 13.1 Å². The Bertz CT molecular complexity index is 1390. The summed E-state index contributed by atoms with van der Waals surface area (Å²) in [5.74, 6) is 0.378. The summed E-state index contributed by atoms with van der Waals surface area (Å²) in [6.07, 6.45) is 5.23. The number of nitrogens with zero attached hydrogens (tertiary/aromatic N) is 3. The second-order valence-electron chi connectivity index (χ2n) is 8.89. The molecule has 0 atom stereocenters. The van der Waals surface area contributed by atoms with Gasteiger partial charge in [0.05, 0.1) is 6.54 Å². The number of hydrogen-bond acceptors (Lipinski definition) is 4. The number of hydrogen-bond donors (Lipinski definition) is 0. The fraction of sp³-hybridized carbons (Fsp3) is 0.167. The van der Waals surface area contributed by atoms with Gasteiger partial charge >= 0.3 is 0 Å². The van der Waals surface area contributed by atoms with E-state index < -0.39 is 0 Å². The minimum Gasteiger partial charge on any atom is -0.360 e. The van der Waals surface area contributed by atoms with Crippen molar-refractivity contribution in [2.45, 2.75) is 19.5 Å². The molecule has 36 heavy (non-hydrogen) atoms. The van der Waals surface area contributed by atoms with Gasteiger partial charge in [-0.25, -0.2) is 0 Å². The number of benzene rings is 3. The van der Waals surface area contributed by atoms with Crippen LogP contribution < -0.4 is 4.90 Å². The molecule has 0 bridgehead atoms. The molecule has 1 aliphatic carbocycles. The van der Waals surface area contributed by atoms with Gasteiger partial charge in [0.25, 0.3) is 0 Å². The van der Waals surface area contributed by atoms with Gasteiger partial charge in [-0.1, -0.05) is 84.4 Å². The Morgan fingerprint density at radius 2 is 1.53 bits per heavy atom. The van der Waals surface area contributed by atoms with Crippen molar-refractivity contribution in [1.82, 2.24) is 4.90 Å². The van der Waals surface area contributed by atoms with Gasteiger partial charge in [0.1, 0.15) is 16.6 Å². The second kappa shape index (κ2) is 10.3. The van der Waals surface area contributed by atoms with Crippen molar-refractivity contribution in [3.05, 3.63) is 124 Å². The van der Waals surface area contributed by atoms with Crippen LogP contribution in [0, 0.1) is 0 Å². The highest BCUT2D eigenvalue weighted by atomic mass is 35.5. The smallest absolute Gasteiger partial charge is 0.211 e. The molecule has 0 aromatic heterocycles. The lowest BCUT2D eigenvalue weighted by molar-refractivity contribution is 0.0978. The summed E-state index contributed by atoms with van der Waals surface area (Å²) in [7, 11) is 2.05. The summed E-state index contributed by atoms with van der Waals surface area (Å²) in [4.78, 5) is 35.4. The number of allylic oxidation sites excluding steroid dienone is 2. The molecule has 0 unspecified atom stereocenters. The number of fused-ring (bicyclic) bond motifs is 1. The van der Waals surface area contributed by atoms with E-state index >= 15 is 0 Å². The fourth-order valence-corrected chi connectivity index (χ4v) is 4.75. The van der Waals surface area contributed by atoms with Gasteiger partial charge in [-0.05, 0) is 35.8 Å². The molecule has 3 aromatic carbocycles. The number of likely N-dealkylation sites (N-methyl/N-ethyl adjacent to an activating group) is 1. The van der Waals surface area contributed by atoms with E-state index in [1.54, 1.807) is 24.3 Å². The number of halogens is 1. The molecule has 1 aliphatic heterocycles. The van der Waals surface area contributed by atoms with E-state index in [-0.39, 0.29) is 22.3 Å². The minimum atomic E-state index is -0.336. The number of aliphatic imine (C=N–C) groups is 1. The minimum absolute atomic E-state index is 0.0581. The van der Waals surface area contributed by atoms with Crippen LogP contribution in [0.15, 0.2) is 107 Å². The number of carbonyl (C=O) groups is 2. The first-order chi connectivity index (χ1) is 17.5. The summed E-state index contributed by atoms with van der Waals surface area (Å²) >= 11 is 6.59. The molecule has 0 N–H and O–H groups in total. The average Bonchev–Trinajstić information content (AvgIpc) is 2.92. The van der Waals surface area contributed by atoms with Crippen molar-refractivity contribution in [2.75, 3.05) is 18.5 Å². The third-order valence-electron chi connectivity index (χ3n) is 6.45. The Morgan fingerprint density at radius 3 is 2.22 bits per heavy atom. The van der Waals surface area contributed by atoms with Crippen LogP contribution in [-0.4, -0.2) is 35.9 Å². The molecule has 3 aromatic rings. The largest absolute Gasteiger partial charge is 0.360 e. The SMILES string of the molecule is CN1CCC=CC1=NCc1ccc(N(Cc2ccccc2)C2=C(Cl)C(=O)c3ccccc3C2=O)cc1. The first-order valence-corrected chi connectivity index (χ1v) is 12.3. The first kappa shape index (κ1) is 23.8. The van der Waals surface area contributed by atoms with E-state index in [9.17, 15) is 9.59 Å². The highest BCUT2D eigenvalue weighted by molar-refractivity contribution is 6.50. The van der Waals surface area contributed by atoms with E-state index in [1.807, 2.05) is 66.5 Å². The standard InChI is InChI=1S/C30H26ClN3O2/c1-33-18-8-7-13-26(33)32-19-21-14-16-23(17-15-21)34(20-22-9-3-2-4-10-22)28-27(31)29(35)24-11-5-6-12-25(24)30(28)36/h2-7,9-17H,8,18-20H2,1H3. The summed E-state index contributed by atoms with van der Waals surface area (Å²) < 4.78 is 0. The van der Waals surface area contributed by atoms with Crippen LogP contribution in [0.3, 0.4) is 0 Å². The molecule has 0 fully saturated rings. The van der Waals surface area contributed by atoms with Crippen molar-refractivity contribution in [2.24, 2.45) is 4.99 Å². The number of rotatable bonds is 6. The Hall–Kier alpha value is -3.96. The van der Waals surface area contributed by atoms with Gasteiger partial charge in [-0.15, -0.1) is 0 Å². The molecule has 0 saturated carbocycles. The fourth-order valence-electron chi connectivity index (χ4n) is 4.46. The van der Waals surface area contributed by atoms with E-state index in [4.69, 9.17) is 16.6 Å². The van der Waals surface area contributed by atoms with E-state index in [2.05, 4.69) is 17.1 Å². The highest BCUT2D eigenvalue weighted by Crippen LogP contribution is 2.34. The quantitative estimate of drug-likeness (QED) is 0.420. The number of amidine groups is 1. The van der Waals surface area contributed by atoms with Gasteiger partial charge in [0.15, 0.2) is 0 Å². The topological polar surface area (TPSA) is 53.0 Å². The Morgan fingerprint density at radius 1 is 0.861 bits per heavy atom. The zero-order valence-electron chi connectivity index (χ0n) is 20.0. The van der Waals surface area contributed by atoms with E-state index in [0.29, 0.717) is 24.2 Å². The van der Waals surface area contributed by atoms with Crippen LogP contribution in [0.5, 0.6) is 0 Å². The molecule has 0 saturated heterocycles. The molecule has 180 valence electrons. The van der Waals surface area contributed by atoms with E-state index in [1.165, 1.54) is 0 Å². The monoisotopic (exact) mass is 495 g/mol. The van der Waals surface area contributed by atoms with Gasteiger partial charge in [-0.3, -0.25) is 14.6 Å². The molecule has 2 aliphatic rings. The maximum absolute atomic E-state index is 13.6. The van der Waals surface area contributed by atoms with Gasteiger partial charge in [0, 0.05) is 37.0 Å². The van der Waals surface area contributed by atoms with Crippen molar-refractivity contribution in [3.63, 3.8) is 0 Å². The van der Waals surface area contributed by atoms with Crippen LogP contribution in [0.2, 0.25) is 0 Å². The lowest BCUT2D eigenvalue weighted by Gasteiger charge is -2.30. The Balaban J connectivity index is 1.50. The molecule has 5 nitrogen and oxygen atoms in total. The van der Waals surface area contributed by atoms with Gasteiger partial charge < -0.3 is 9.80 Å². The second-order valence-corrected chi connectivity index (χ2v) is 9.27. The maximum atomic E-state index is 13.6.